The smallest absolute Gasteiger partial charge is 0.121 e. The summed E-state index contributed by atoms with van der Waals surface area (Å²) in [5.74, 6) is 0.856. The average Bonchev–Trinajstić information content (AvgIpc) is 2.83. The van der Waals surface area contributed by atoms with Crippen molar-refractivity contribution in [1.82, 2.24) is 0 Å². The van der Waals surface area contributed by atoms with Crippen molar-refractivity contribution in [1.29, 1.82) is 0 Å². The molecule has 2 rings (SSSR count). The van der Waals surface area contributed by atoms with E-state index in [-0.39, 0.29) is 0 Å². The van der Waals surface area contributed by atoms with E-state index in [2.05, 4.69) is 32.7 Å². The Labute approximate surface area is 125 Å². The third-order valence-corrected chi connectivity index (χ3v) is 4.18. The van der Waals surface area contributed by atoms with Gasteiger partial charge in [-0.05, 0) is 34.1 Å². The number of thiophene rings is 1. The van der Waals surface area contributed by atoms with Crippen LogP contribution in [-0.4, -0.2) is 20.3 Å². The molecule has 1 heterocycles. The fraction of sp³-hybridized carbons (Fsp3) is 0.286. The van der Waals surface area contributed by atoms with E-state index in [1.54, 1.807) is 18.4 Å². The lowest BCUT2D eigenvalue weighted by molar-refractivity contribution is 0.146. The molecule has 1 aromatic carbocycles. The Hall–Kier alpha value is -1.04. The van der Waals surface area contributed by atoms with Gasteiger partial charge in [0.1, 0.15) is 12.4 Å². The van der Waals surface area contributed by atoms with Gasteiger partial charge in [0.05, 0.1) is 6.61 Å². The fourth-order valence-corrected chi connectivity index (χ4v) is 2.97. The van der Waals surface area contributed by atoms with Crippen LogP contribution < -0.4 is 10.1 Å². The minimum atomic E-state index is 0.567. The average molecular weight is 342 g/mol. The number of nitrogens with one attached hydrogen (secondary N) is 1. The third-order valence-electron chi connectivity index (χ3n) is 2.48. The monoisotopic (exact) mass is 341 g/mol. The SMILES string of the molecule is COCCOc1cccc(NCc2cc(Br)cs2)c1. The quantitative estimate of drug-likeness (QED) is 0.767. The van der Waals surface area contributed by atoms with Crippen LogP contribution in [0.3, 0.4) is 0 Å². The molecule has 0 spiro atoms. The molecule has 3 nitrogen and oxygen atoms in total. The highest BCUT2D eigenvalue weighted by molar-refractivity contribution is 9.10. The van der Waals surface area contributed by atoms with Crippen LogP contribution in [0.25, 0.3) is 0 Å². The lowest BCUT2D eigenvalue weighted by Crippen LogP contribution is -2.04. The zero-order valence-corrected chi connectivity index (χ0v) is 13.1. The number of halogens is 1. The molecule has 0 aliphatic heterocycles. The van der Waals surface area contributed by atoms with Gasteiger partial charge < -0.3 is 14.8 Å². The topological polar surface area (TPSA) is 30.5 Å². The molecule has 0 amide bonds. The number of anilines is 1. The van der Waals surface area contributed by atoms with E-state index in [1.807, 2.05) is 24.3 Å². The Morgan fingerprint density at radius 1 is 1.26 bits per heavy atom. The van der Waals surface area contributed by atoms with E-state index in [0.717, 1.165) is 22.5 Å². The number of ether oxygens (including phenoxy) is 2. The minimum Gasteiger partial charge on any atom is -0.491 e. The molecule has 0 fully saturated rings. The molecule has 0 aliphatic rings. The number of methoxy groups -OCH3 is 1. The molecule has 0 unspecified atom stereocenters. The molecule has 0 atom stereocenters. The molecule has 0 bridgehead atoms. The molecule has 0 saturated heterocycles. The lowest BCUT2D eigenvalue weighted by atomic mass is 10.3. The van der Waals surface area contributed by atoms with Crippen LogP contribution in [0.2, 0.25) is 0 Å². The molecule has 19 heavy (non-hydrogen) atoms. The third kappa shape index (κ3) is 4.86. The van der Waals surface area contributed by atoms with Crippen molar-refractivity contribution in [2.45, 2.75) is 6.54 Å². The van der Waals surface area contributed by atoms with Gasteiger partial charge >= 0.3 is 0 Å². The van der Waals surface area contributed by atoms with E-state index < -0.39 is 0 Å². The van der Waals surface area contributed by atoms with Crippen LogP contribution in [0.4, 0.5) is 5.69 Å². The summed E-state index contributed by atoms with van der Waals surface area (Å²) in [4.78, 5) is 1.29. The first-order chi connectivity index (χ1) is 9.28. The van der Waals surface area contributed by atoms with Crippen LogP contribution in [0, 0.1) is 0 Å². The highest BCUT2D eigenvalue weighted by atomic mass is 79.9. The summed E-state index contributed by atoms with van der Waals surface area (Å²) in [5, 5.41) is 5.47. The van der Waals surface area contributed by atoms with E-state index in [1.165, 1.54) is 4.88 Å². The van der Waals surface area contributed by atoms with Gasteiger partial charge in [-0.2, -0.15) is 0 Å². The first kappa shape index (κ1) is 14.4. The van der Waals surface area contributed by atoms with Gasteiger partial charge in [-0.3, -0.25) is 0 Å². The Bertz CT molecular complexity index is 516. The number of hydrogen-bond acceptors (Lipinski definition) is 4. The molecular weight excluding hydrogens is 326 g/mol. The van der Waals surface area contributed by atoms with Crippen molar-refractivity contribution >= 4 is 33.0 Å². The van der Waals surface area contributed by atoms with Gasteiger partial charge in [0.25, 0.3) is 0 Å². The zero-order valence-electron chi connectivity index (χ0n) is 10.7. The largest absolute Gasteiger partial charge is 0.491 e. The molecular formula is C14H16BrNO2S. The van der Waals surface area contributed by atoms with Crippen molar-refractivity contribution in [3.05, 3.63) is 45.1 Å². The molecule has 1 N–H and O–H groups in total. The Morgan fingerprint density at radius 2 is 2.16 bits per heavy atom. The summed E-state index contributed by atoms with van der Waals surface area (Å²) in [5.41, 5.74) is 1.06. The maximum atomic E-state index is 5.57. The van der Waals surface area contributed by atoms with Gasteiger partial charge in [-0.25, -0.2) is 0 Å². The van der Waals surface area contributed by atoms with E-state index >= 15 is 0 Å². The predicted octanol–water partition coefficient (Wildman–Crippen LogP) is 4.15. The highest BCUT2D eigenvalue weighted by Gasteiger charge is 1.99. The summed E-state index contributed by atoms with van der Waals surface area (Å²) < 4.78 is 11.7. The summed E-state index contributed by atoms with van der Waals surface area (Å²) in [6.45, 7) is 1.98. The second kappa shape index (κ2) is 7.53. The van der Waals surface area contributed by atoms with Crippen LogP contribution in [0.15, 0.2) is 40.2 Å². The Morgan fingerprint density at radius 3 is 2.89 bits per heavy atom. The maximum absolute atomic E-state index is 5.57. The second-order valence-corrected chi connectivity index (χ2v) is 5.87. The van der Waals surface area contributed by atoms with E-state index in [4.69, 9.17) is 9.47 Å². The minimum absolute atomic E-state index is 0.567. The van der Waals surface area contributed by atoms with Crippen LogP contribution >= 0.6 is 27.3 Å². The molecule has 0 radical (unpaired) electrons. The van der Waals surface area contributed by atoms with Crippen molar-refractivity contribution in [3.8, 4) is 5.75 Å². The molecule has 0 aliphatic carbocycles. The van der Waals surface area contributed by atoms with Gasteiger partial charge in [-0.1, -0.05) is 6.07 Å². The number of hydrogen-bond donors (Lipinski definition) is 1. The van der Waals surface area contributed by atoms with Crippen LogP contribution in [-0.2, 0) is 11.3 Å². The maximum Gasteiger partial charge on any atom is 0.121 e. The second-order valence-electron chi connectivity index (χ2n) is 3.95. The van der Waals surface area contributed by atoms with Gasteiger partial charge in [-0.15, -0.1) is 11.3 Å². The normalized spacial score (nSPS) is 10.4. The van der Waals surface area contributed by atoms with Gasteiger partial charge in [0, 0.05) is 40.1 Å². The van der Waals surface area contributed by atoms with Crippen LogP contribution in [0.1, 0.15) is 4.88 Å². The Kier molecular flexibility index (Phi) is 5.69. The van der Waals surface area contributed by atoms with Crippen molar-refractivity contribution < 1.29 is 9.47 Å². The van der Waals surface area contributed by atoms with Crippen molar-refractivity contribution in [2.75, 3.05) is 25.6 Å². The summed E-state index contributed by atoms with van der Waals surface area (Å²) in [6.07, 6.45) is 0. The summed E-state index contributed by atoms with van der Waals surface area (Å²) in [7, 11) is 1.67. The van der Waals surface area contributed by atoms with E-state index in [0.29, 0.717) is 13.2 Å². The molecule has 1 aromatic heterocycles. The van der Waals surface area contributed by atoms with Crippen molar-refractivity contribution in [2.24, 2.45) is 0 Å². The first-order valence-electron chi connectivity index (χ1n) is 5.96. The highest BCUT2D eigenvalue weighted by Crippen LogP contribution is 2.22. The number of rotatable bonds is 7. The van der Waals surface area contributed by atoms with Crippen molar-refractivity contribution in [3.63, 3.8) is 0 Å². The van der Waals surface area contributed by atoms with E-state index in [9.17, 15) is 0 Å². The first-order valence-corrected chi connectivity index (χ1v) is 7.64. The zero-order chi connectivity index (χ0) is 13.5. The molecule has 5 heteroatoms. The van der Waals surface area contributed by atoms with Crippen LogP contribution in [0.5, 0.6) is 5.75 Å². The fourth-order valence-electron chi connectivity index (χ4n) is 1.57. The molecule has 2 aromatic rings. The lowest BCUT2D eigenvalue weighted by Gasteiger charge is -2.09. The molecule has 0 saturated carbocycles. The molecule has 102 valence electrons. The van der Waals surface area contributed by atoms with Gasteiger partial charge in [0.2, 0.25) is 0 Å². The summed E-state index contributed by atoms with van der Waals surface area (Å²) >= 11 is 5.19. The number of benzene rings is 1. The predicted molar refractivity (Wildman–Crippen MR) is 83.2 cm³/mol. The summed E-state index contributed by atoms with van der Waals surface area (Å²) in [6, 6.07) is 10.1. The Balaban J connectivity index is 1.87. The standard InChI is InChI=1S/C14H16BrNO2S/c1-17-5-6-18-13-4-2-3-12(8-13)16-9-14-7-11(15)10-19-14/h2-4,7-8,10,16H,5-6,9H2,1H3. The van der Waals surface area contributed by atoms with Gasteiger partial charge in [0.15, 0.2) is 0 Å².